The minimum absolute atomic E-state index is 0.191. The molecule has 2 aromatic carbocycles. The molecule has 136 valence electrons. The van der Waals surface area contributed by atoms with Gasteiger partial charge in [-0.2, -0.15) is 0 Å². The van der Waals surface area contributed by atoms with Gasteiger partial charge in [0.05, 0.1) is 6.21 Å². The van der Waals surface area contributed by atoms with Gasteiger partial charge >= 0.3 is 0 Å². The standard InChI is InChI=1S/C22H25FN2O/c1-4-5-9-21-16(2)20-13-17(14-24-26-3)10-11-22(20)25(21)15-18-7-6-8-19(23)12-18/h6-8,10-14H,4-5,9,15H2,1-3H3/b24-14+. The van der Waals surface area contributed by atoms with Crippen LogP contribution in [0.4, 0.5) is 4.39 Å². The number of hydrogen-bond donors (Lipinski definition) is 0. The van der Waals surface area contributed by atoms with Crippen LogP contribution in [0, 0.1) is 12.7 Å². The number of unbranched alkanes of at least 4 members (excludes halogenated alkanes) is 1. The Kier molecular flexibility index (Phi) is 5.71. The van der Waals surface area contributed by atoms with Gasteiger partial charge in [-0.1, -0.05) is 36.7 Å². The zero-order chi connectivity index (χ0) is 18.5. The summed E-state index contributed by atoms with van der Waals surface area (Å²) in [6.07, 6.45) is 5.02. The summed E-state index contributed by atoms with van der Waals surface area (Å²) in [5, 5.41) is 5.08. The van der Waals surface area contributed by atoms with Crippen LogP contribution in [0.2, 0.25) is 0 Å². The Morgan fingerprint density at radius 1 is 1.19 bits per heavy atom. The minimum Gasteiger partial charge on any atom is -0.399 e. The molecule has 0 amide bonds. The average molecular weight is 352 g/mol. The lowest BCUT2D eigenvalue weighted by molar-refractivity contribution is 0.215. The summed E-state index contributed by atoms with van der Waals surface area (Å²) in [5.41, 5.74) is 5.77. The van der Waals surface area contributed by atoms with Gasteiger partial charge in [0.15, 0.2) is 0 Å². The summed E-state index contributed by atoms with van der Waals surface area (Å²) in [6, 6.07) is 13.2. The highest BCUT2D eigenvalue weighted by atomic mass is 19.1. The van der Waals surface area contributed by atoms with Gasteiger partial charge < -0.3 is 9.40 Å². The number of aromatic nitrogens is 1. The number of benzene rings is 2. The van der Waals surface area contributed by atoms with Crippen LogP contribution in [-0.4, -0.2) is 17.9 Å². The molecular weight excluding hydrogens is 327 g/mol. The van der Waals surface area contributed by atoms with Gasteiger partial charge in [-0.3, -0.25) is 0 Å². The third-order valence-corrected chi connectivity index (χ3v) is 4.78. The molecule has 0 fully saturated rings. The fourth-order valence-electron chi connectivity index (χ4n) is 3.45. The molecule has 3 rings (SSSR count). The second-order valence-corrected chi connectivity index (χ2v) is 6.58. The van der Waals surface area contributed by atoms with Gasteiger partial charge in [0.25, 0.3) is 0 Å². The van der Waals surface area contributed by atoms with E-state index in [1.54, 1.807) is 25.5 Å². The van der Waals surface area contributed by atoms with Gasteiger partial charge in [0.2, 0.25) is 0 Å². The second kappa shape index (κ2) is 8.17. The number of hydrogen-bond acceptors (Lipinski definition) is 2. The molecule has 0 bridgehead atoms. The summed E-state index contributed by atoms with van der Waals surface area (Å²) >= 11 is 0. The van der Waals surface area contributed by atoms with Crippen LogP contribution >= 0.6 is 0 Å². The lowest BCUT2D eigenvalue weighted by Crippen LogP contribution is -2.05. The summed E-state index contributed by atoms with van der Waals surface area (Å²) in [7, 11) is 1.54. The van der Waals surface area contributed by atoms with Crippen molar-refractivity contribution in [3.05, 3.63) is 70.7 Å². The first kappa shape index (κ1) is 18.2. The SMILES string of the molecule is CCCCc1c(C)c2cc(/C=N/OC)ccc2n1Cc1cccc(F)c1. The third kappa shape index (κ3) is 3.79. The van der Waals surface area contributed by atoms with Crippen molar-refractivity contribution in [2.45, 2.75) is 39.7 Å². The molecule has 1 heterocycles. The monoisotopic (exact) mass is 352 g/mol. The largest absolute Gasteiger partial charge is 0.399 e. The average Bonchev–Trinajstić information content (AvgIpc) is 2.89. The van der Waals surface area contributed by atoms with E-state index in [0.717, 1.165) is 30.4 Å². The molecule has 0 spiro atoms. The molecular formula is C22H25FN2O. The summed E-state index contributed by atoms with van der Waals surface area (Å²) in [4.78, 5) is 4.79. The van der Waals surface area contributed by atoms with Crippen LogP contribution in [0.25, 0.3) is 10.9 Å². The maximum Gasteiger partial charge on any atom is 0.123 e. The van der Waals surface area contributed by atoms with Crippen LogP contribution in [0.1, 0.15) is 42.1 Å². The van der Waals surface area contributed by atoms with Crippen LogP contribution in [0.5, 0.6) is 0 Å². The van der Waals surface area contributed by atoms with Crippen molar-refractivity contribution in [2.75, 3.05) is 7.11 Å². The fraction of sp³-hybridized carbons (Fsp3) is 0.318. The van der Waals surface area contributed by atoms with Crippen molar-refractivity contribution in [2.24, 2.45) is 5.16 Å². The molecule has 0 atom stereocenters. The van der Waals surface area contributed by atoms with E-state index in [1.165, 1.54) is 28.2 Å². The highest BCUT2D eigenvalue weighted by Crippen LogP contribution is 2.29. The Hall–Kier alpha value is -2.62. The zero-order valence-corrected chi connectivity index (χ0v) is 15.6. The Morgan fingerprint density at radius 3 is 2.77 bits per heavy atom. The summed E-state index contributed by atoms with van der Waals surface area (Å²) in [6.45, 7) is 5.05. The van der Waals surface area contributed by atoms with E-state index >= 15 is 0 Å². The summed E-state index contributed by atoms with van der Waals surface area (Å²) < 4.78 is 16.0. The first-order valence-corrected chi connectivity index (χ1v) is 9.06. The van der Waals surface area contributed by atoms with Crippen LogP contribution in [-0.2, 0) is 17.8 Å². The maximum absolute atomic E-state index is 13.6. The molecule has 3 aromatic rings. The molecule has 3 nitrogen and oxygen atoms in total. The third-order valence-electron chi connectivity index (χ3n) is 4.78. The summed E-state index contributed by atoms with van der Waals surface area (Å²) in [5.74, 6) is -0.191. The molecule has 0 unspecified atom stereocenters. The minimum atomic E-state index is -0.191. The van der Waals surface area contributed by atoms with Gasteiger partial charge in [0.1, 0.15) is 12.9 Å². The van der Waals surface area contributed by atoms with E-state index in [2.05, 4.69) is 35.7 Å². The smallest absolute Gasteiger partial charge is 0.123 e. The number of aryl methyl sites for hydroxylation is 1. The molecule has 0 aliphatic heterocycles. The molecule has 0 N–H and O–H groups in total. The second-order valence-electron chi connectivity index (χ2n) is 6.58. The van der Waals surface area contributed by atoms with E-state index in [0.29, 0.717) is 6.54 Å². The highest BCUT2D eigenvalue weighted by Gasteiger charge is 2.14. The fourth-order valence-corrected chi connectivity index (χ4v) is 3.45. The molecule has 0 radical (unpaired) electrons. The molecule has 0 aliphatic rings. The Balaban J connectivity index is 2.10. The van der Waals surface area contributed by atoms with Crippen LogP contribution in [0.3, 0.4) is 0 Å². The van der Waals surface area contributed by atoms with Crippen molar-refractivity contribution in [1.82, 2.24) is 4.57 Å². The molecule has 26 heavy (non-hydrogen) atoms. The maximum atomic E-state index is 13.6. The van der Waals surface area contributed by atoms with E-state index in [9.17, 15) is 4.39 Å². The number of nitrogens with zero attached hydrogens (tertiary/aromatic N) is 2. The molecule has 0 saturated carbocycles. The first-order valence-electron chi connectivity index (χ1n) is 9.06. The Bertz CT molecular complexity index is 927. The first-order chi connectivity index (χ1) is 12.6. The number of halogens is 1. The number of rotatable bonds is 7. The normalized spacial score (nSPS) is 11.5. The lowest BCUT2D eigenvalue weighted by atomic mass is 10.1. The quantitative estimate of drug-likeness (QED) is 0.410. The Labute approximate surface area is 154 Å². The molecule has 0 aliphatic carbocycles. The van der Waals surface area contributed by atoms with Gasteiger partial charge in [-0.25, -0.2) is 4.39 Å². The van der Waals surface area contributed by atoms with E-state index in [1.807, 2.05) is 12.1 Å². The predicted molar refractivity (Wildman–Crippen MR) is 105 cm³/mol. The number of oxime groups is 1. The molecule has 1 aromatic heterocycles. The van der Waals surface area contributed by atoms with Gasteiger partial charge in [0, 0.05) is 23.1 Å². The lowest BCUT2D eigenvalue weighted by Gasteiger charge is -2.12. The van der Waals surface area contributed by atoms with Gasteiger partial charge in [-0.15, -0.1) is 0 Å². The number of fused-ring (bicyclic) bond motifs is 1. The Morgan fingerprint density at radius 2 is 2.04 bits per heavy atom. The van der Waals surface area contributed by atoms with Crippen molar-refractivity contribution < 1.29 is 9.23 Å². The molecule has 0 saturated heterocycles. The zero-order valence-electron chi connectivity index (χ0n) is 15.6. The van der Waals surface area contributed by atoms with Crippen molar-refractivity contribution >= 4 is 17.1 Å². The highest BCUT2D eigenvalue weighted by molar-refractivity contribution is 5.92. The van der Waals surface area contributed by atoms with Gasteiger partial charge in [-0.05, 0) is 60.7 Å². The van der Waals surface area contributed by atoms with E-state index < -0.39 is 0 Å². The van der Waals surface area contributed by atoms with E-state index in [-0.39, 0.29) is 5.82 Å². The van der Waals surface area contributed by atoms with Crippen molar-refractivity contribution in [3.63, 3.8) is 0 Å². The predicted octanol–water partition coefficient (Wildman–Crippen LogP) is 5.46. The molecule has 4 heteroatoms. The van der Waals surface area contributed by atoms with Crippen molar-refractivity contribution in [3.8, 4) is 0 Å². The van der Waals surface area contributed by atoms with Crippen molar-refractivity contribution in [1.29, 1.82) is 0 Å². The topological polar surface area (TPSA) is 26.5 Å². The van der Waals surface area contributed by atoms with E-state index in [4.69, 9.17) is 4.84 Å². The van der Waals surface area contributed by atoms with Crippen LogP contribution < -0.4 is 0 Å². The van der Waals surface area contributed by atoms with Crippen LogP contribution in [0.15, 0.2) is 47.6 Å².